The first-order valence-corrected chi connectivity index (χ1v) is 5.88. The Morgan fingerprint density at radius 3 is 2.95 bits per heavy atom. The summed E-state index contributed by atoms with van der Waals surface area (Å²) in [6.45, 7) is 0. The minimum absolute atomic E-state index is 0.225. The second kappa shape index (κ2) is 5.47. The van der Waals surface area contributed by atoms with E-state index in [9.17, 15) is 14.4 Å². The van der Waals surface area contributed by atoms with Crippen molar-refractivity contribution in [2.24, 2.45) is 0 Å². The van der Waals surface area contributed by atoms with Crippen molar-refractivity contribution in [3.63, 3.8) is 0 Å². The molecule has 1 aliphatic rings. The highest BCUT2D eigenvalue weighted by Gasteiger charge is 2.28. The van der Waals surface area contributed by atoms with Crippen LogP contribution in [0.5, 0.6) is 0 Å². The maximum atomic E-state index is 12.1. The second-order valence-corrected chi connectivity index (χ2v) is 4.15. The van der Waals surface area contributed by atoms with Gasteiger partial charge < -0.3 is 10.6 Å². The van der Waals surface area contributed by atoms with Gasteiger partial charge in [0.1, 0.15) is 6.04 Å². The third-order valence-electron chi connectivity index (χ3n) is 2.88. The molecule has 1 saturated heterocycles. The number of aromatic nitrogens is 1. The summed E-state index contributed by atoms with van der Waals surface area (Å²) in [4.78, 5) is 38.5. The van der Waals surface area contributed by atoms with E-state index in [4.69, 9.17) is 0 Å². The van der Waals surface area contributed by atoms with E-state index in [0.717, 1.165) is 0 Å². The minimum atomic E-state index is -0.685. The molecule has 0 saturated carbocycles. The molecule has 2 heterocycles. The maximum Gasteiger partial charge on any atom is 0.255 e. The van der Waals surface area contributed by atoms with Crippen LogP contribution in [0, 0.1) is 0 Å². The Balaban J connectivity index is 2.09. The van der Waals surface area contributed by atoms with E-state index in [0.29, 0.717) is 17.7 Å². The number of imide groups is 1. The van der Waals surface area contributed by atoms with E-state index in [-0.39, 0.29) is 12.3 Å². The van der Waals surface area contributed by atoms with Crippen molar-refractivity contribution in [1.29, 1.82) is 0 Å². The highest BCUT2D eigenvalue weighted by Crippen LogP contribution is 2.13. The van der Waals surface area contributed by atoms with Crippen LogP contribution < -0.4 is 16.0 Å². The normalized spacial score (nSPS) is 18.7. The predicted molar refractivity (Wildman–Crippen MR) is 67.4 cm³/mol. The van der Waals surface area contributed by atoms with Crippen LogP contribution in [-0.4, -0.2) is 35.8 Å². The molecule has 1 atom stereocenters. The predicted octanol–water partition coefficient (Wildman–Crippen LogP) is -0.342. The number of piperidine rings is 1. The summed E-state index contributed by atoms with van der Waals surface area (Å²) in [5, 5.41) is 7.66. The quantitative estimate of drug-likeness (QED) is 0.647. The average molecular weight is 262 g/mol. The SMILES string of the molecule is CNc1ccncc1C(=O)NC1CCC(=O)NC1=O. The fraction of sp³-hybridized carbons (Fsp3) is 0.333. The van der Waals surface area contributed by atoms with Gasteiger partial charge in [0.2, 0.25) is 11.8 Å². The lowest BCUT2D eigenvalue weighted by Gasteiger charge is -2.22. The molecule has 1 fully saturated rings. The number of hydrogen-bond donors (Lipinski definition) is 3. The van der Waals surface area contributed by atoms with Crippen LogP contribution >= 0.6 is 0 Å². The molecule has 3 amide bonds. The molecule has 3 N–H and O–H groups in total. The maximum absolute atomic E-state index is 12.1. The summed E-state index contributed by atoms with van der Waals surface area (Å²) in [7, 11) is 1.69. The summed E-state index contributed by atoms with van der Waals surface area (Å²) in [6.07, 6.45) is 3.52. The van der Waals surface area contributed by atoms with E-state index in [2.05, 4.69) is 20.9 Å². The van der Waals surface area contributed by atoms with E-state index < -0.39 is 17.9 Å². The van der Waals surface area contributed by atoms with E-state index in [1.54, 1.807) is 19.3 Å². The van der Waals surface area contributed by atoms with Crippen molar-refractivity contribution in [2.45, 2.75) is 18.9 Å². The molecule has 0 radical (unpaired) electrons. The van der Waals surface area contributed by atoms with Gasteiger partial charge in [-0.2, -0.15) is 0 Å². The van der Waals surface area contributed by atoms with Crippen molar-refractivity contribution >= 4 is 23.4 Å². The Morgan fingerprint density at radius 2 is 2.26 bits per heavy atom. The number of nitrogens with one attached hydrogen (secondary N) is 3. The topological polar surface area (TPSA) is 100 Å². The molecule has 1 aromatic heterocycles. The molecule has 2 rings (SSSR count). The van der Waals surface area contributed by atoms with E-state index in [1.165, 1.54) is 6.20 Å². The molecule has 0 aromatic carbocycles. The number of carbonyl (C=O) groups is 3. The molecule has 1 aliphatic heterocycles. The molecule has 19 heavy (non-hydrogen) atoms. The fourth-order valence-electron chi connectivity index (χ4n) is 1.86. The van der Waals surface area contributed by atoms with Gasteiger partial charge in [-0.3, -0.25) is 24.7 Å². The summed E-state index contributed by atoms with van der Waals surface area (Å²) in [6, 6.07) is 0.981. The Morgan fingerprint density at radius 1 is 1.47 bits per heavy atom. The summed E-state index contributed by atoms with van der Waals surface area (Å²) < 4.78 is 0. The van der Waals surface area contributed by atoms with Crippen LogP contribution in [0.1, 0.15) is 23.2 Å². The van der Waals surface area contributed by atoms with Gasteiger partial charge in [-0.1, -0.05) is 0 Å². The molecule has 0 bridgehead atoms. The monoisotopic (exact) mass is 262 g/mol. The van der Waals surface area contributed by atoms with Gasteiger partial charge >= 0.3 is 0 Å². The number of rotatable bonds is 3. The number of nitrogens with zero attached hydrogens (tertiary/aromatic N) is 1. The zero-order valence-electron chi connectivity index (χ0n) is 10.4. The zero-order valence-corrected chi connectivity index (χ0v) is 10.4. The van der Waals surface area contributed by atoms with Gasteiger partial charge in [0, 0.05) is 31.5 Å². The van der Waals surface area contributed by atoms with E-state index in [1.807, 2.05) is 0 Å². The Kier molecular flexibility index (Phi) is 3.74. The first kappa shape index (κ1) is 13.0. The lowest BCUT2D eigenvalue weighted by Crippen LogP contribution is -2.52. The first-order valence-electron chi connectivity index (χ1n) is 5.88. The van der Waals surface area contributed by atoms with Crippen LogP contribution in [0.2, 0.25) is 0 Å². The third-order valence-corrected chi connectivity index (χ3v) is 2.88. The average Bonchev–Trinajstić information content (AvgIpc) is 2.41. The fourth-order valence-corrected chi connectivity index (χ4v) is 1.86. The lowest BCUT2D eigenvalue weighted by molar-refractivity contribution is -0.134. The standard InChI is InChI=1S/C12H14N4O3/c1-13-8-4-5-14-6-7(8)11(18)15-9-2-3-10(17)16-12(9)19/h4-6,9H,2-3H2,1H3,(H,13,14)(H,15,18)(H,16,17,19). The van der Waals surface area contributed by atoms with Gasteiger partial charge in [-0.15, -0.1) is 0 Å². The molecular weight excluding hydrogens is 248 g/mol. The molecular formula is C12H14N4O3. The van der Waals surface area contributed by atoms with Crippen molar-refractivity contribution in [3.8, 4) is 0 Å². The molecule has 7 nitrogen and oxygen atoms in total. The highest BCUT2D eigenvalue weighted by atomic mass is 16.2. The lowest BCUT2D eigenvalue weighted by atomic mass is 10.1. The number of amides is 3. The number of carbonyl (C=O) groups excluding carboxylic acids is 3. The van der Waals surface area contributed by atoms with Crippen LogP contribution in [0.15, 0.2) is 18.5 Å². The minimum Gasteiger partial charge on any atom is -0.387 e. The van der Waals surface area contributed by atoms with Crippen LogP contribution in [0.25, 0.3) is 0 Å². The zero-order chi connectivity index (χ0) is 13.8. The number of hydrogen-bond acceptors (Lipinski definition) is 5. The number of pyridine rings is 1. The Labute approximate surface area is 109 Å². The third kappa shape index (κ3) is 2.87. The molecule has 1 unspecified atom stereocenters. The van der Waals surface area contributed by atoms with Crippen LogP contribution in [-0.2, 0) is 9.59 Å². The van der Waals surface area contributed by atoms with Gasteiger partial charge in [0.15, 0.2) is 0 Å². The van der Waals surface area contributed by atoms with Crippen molar-refractivity contribution in [3.05, 3.63) is 24.0 Å². The van der Waals surface area contributed by atoms with Gasteiger partial charge in [0.25, 0.3) is 5.91 Å². The van der Waals surface area contributed by atoms with Crippen molar-refractivity contribution in [1.82, 2.24) is 15.6 Å². The highest BCUT2D eigenvalue weighted by molar-refractivity contribution is 6.05. The largest absolute Gasteiger partial charge is 0.387 e. The summed E-state index contributed by atoms with van der Waals surface area (Å²) in [5.74, 6) is -1.18. The summed E-state index contributed by atoms with van der Waals surface area (Å²) >= 11 is 0. The molecule has 7 heteroatoms. The molecule has 0 aliphatic carbocycles. The van der Waals surface area contributed by atoms with Gasteiger partial charge in [-0.05, 0) is 12.5 Å². The van der Waals surface area contributed by atoms with Gasteiger partial charge in [0.05, 0.1) is 5.56 Å². The smallest absolute Gasteiger partial charge is 0.255 e. The van der Waals surface area contributed by atoms with Crippen molar-refractivity contribution < 1.29 is 14.4 Å². The molecule has 100 valence electrons. The van der Waals surface area contributed by atoms with E-state index >= 15 is 0 Å². The number of anilines is 1. The molecule has 0 spiro atoms. The summed E-state index contributed by atoms with van der Waals surface area (Å²) in [5.41, 5.74) is 0.981. The van der Waals surface area contributed by atoms with Crippen LogP contribution in [0.4, 0.5) is 5.69 Å². The van der Waals surface area contributed by atoms with Crippen molar-refractivity contribution in [2.75, 3.05) is 12.4 Å². The van der Waals surface area contributed by atoms with Crippen LogP contribution in [0.3, 0.4) is 0 Å². The second-order valence-electron chi connectivity index (χ2n) is 4.15. The van der Waals surface area contributed by atoms with Gasteiger partial charge in [-0.25, -0.2) is 0 Å². The molecule has 1 aromatic rings. The Hall–Kier alpha value is -2.44. The Bertz CT molecular complexity index is 529. The first-order chi connectivity index (χ1) is 9.11.